The van der Waals surface area contributed by atoms with Crippen LogP contribution in [-0.4, -0.2) is 32.4 Å². The summed E-state index contributed by atoms with van der Waals surface area (Å²) >= 11 is 8.72. The van der Waals surface area contributed by atoms with Crippen LogP contribution in [0.4, 0.5) is 0 Å². The van der Waals surface area contributed by atoms with Gasteiger partial charge in [-0.25, -0.2) is 4.79 Å². The molecule has 0 bridgehead atoms. The first kappa shape index (κ1) is 17.6. The number of hydrogen-bond donors (Lipinski definition) is 2. The first-order chi connectivity index (χ1) is 10.9. The van der Waals surface area contributed by atoms with Gasteiger partial charge < -0.3 is 24.8 Å². The van der Waals surface area contributed by atoms with Crippen LogP contribution in [0.5, 0.6) is 11.5 Å². The first-order valence-corrected chi connectivity index (χ1v) is 7.91. The van der Waals surface area contributed by atoms with Gasteiger partial charge in [-0.3, -0.25) is 0 Å². The lowest BCUT2D eigenvalue weighted by molar-refractivity contribution is -0.136. The average Bonchev–Trinajstić information content (AvgIpc) is 2.53. The van der Waals surface area contributed by atoms with E-state index in [1.807, 2.05) is 0 Å². The van der Waals surface area contributed by atoms with Crippen LogP contribution in [0, 0.1) is 0 Å². The molecule has 0 saturated heterocycles. The lowest BCUT2D eigenvalue weighted by Gasteiger charge is -2.30. The molecular formula is C15H17BrN2O4S. The van der Waals surface area contributed by atoms with Gasteiger partial charge in [0.15, 0.2) is 16.6 Å². The number of hydrogen-bond acceptors (Lipinski definition) is 5. The maximum atomic E-state index is 12.2. The second-order valence-corrected chi connectivity index (χ2v) is 6.05. The number of esters is 1. The normalized spacial score (nSPS) is 17.3. The molecule has 6 nitrogen and oxygen atoms in total. The Bertz CT molecular complexity index is 690. The lowest BCUT2D eigenvalue weighted by Crippen LogP contribution is -2.45. The fourth-order valence-corrected chi connectivity index (χ4v) is 3.22. The quantitative estimate of drug-likeness (QED) is 0.593. The number of allylic oxidation sites excluding steroid dienone is 1. The summed E-state index contributed by atoms with van der Waals surface area (Å²) in [5.74, 6) is 0.704. The van der Waals surface area contributed by atoms with Gasteiger partial charge in [-0.1, -0.05) is 15.9 Å². The Labute approximate surface area is 148 Å². The van der Waals surface area contributed by atoms with E-state index in [9.17, 15) is 4.79 Å². The van der Waals surface area contributed by atoms with E-state index >= 15 is 0 Å². The van der Waals surface area contributed by atoms with Crippen molar-refractivity contribution in [2.24, 2.45) is 0 Å². The Morgan fingerprint density at radius 2 is 1.83 bits per heavy atom. The summed E-state index contributed by atoms with van der Waals surface area (Å²) in [5, 5.41) is 6.47. The number of carbonyl (C=O) groups is 1. The monoisotopic (exact) mass is 400 g/mol. The van der Waals surface area contributed by atoms with Gasteiger partial charge in [-0.05, 0) is 36.8 Å². The average molecular weight is 401 g/mol. The largest absolute Gasteiger partial charge is 0.493 e. The second kappa shape index (κ2) is 7.18. The molecule has 23 heavy (non-hydrogen) atoms. The van der Waals surface area contributed by atoms with Crippen molar-refractivity contribution >= 4 is 39.2 Å². The first-order valence-electron chi connectivity index (χ1n) is 6.71. The molecule has 0 radical (unpaired) electrons. The topological polar surface area (TPSA) is 68.8 Å². The van der Waals surface area contributed by atoms with E-state index in [2.05, 4.69) is 26.6 Å². The Morgan fingerprint density at radius 3 is 2.39 bits per heavy atom. The number of thiocarbonyl (C=S) groups is 1. The molecule has 1 atom stereocenters. The van der Waals surface area contributed by atoms with Crippen LogP contribution in [0.15, 0.2) is 27.9 Å². The summed E-state index contributed by atoms with van der Waals surface area (Å²) in [6.07, 6.45) is 0. The Kier molecular flexibility index (Phi) is 5.48. The van der Waals surface area contributed by atoms with Crippen molar-refractivity contribution in [1.82, 2.24) is 10.6 Å². The van der Waals surface area contributed by atoms with E-state index in [0.717, 1.165) is 10.0 Å². The SMILES string of the molecule is COC(=O)C1=C(C)NC(=S)N[C@H]1c1cc(OC)c(OC)cc1Br. The summed E-state index contributed by atoms with van der Waals surface area (Å²) in [7, 11) is 4.46. The summed E-state index contributed by atoms with van der Waals surface area (Å²) in [5.41, 5.74) is 1.88. The number of methoxy groups -OCH3 is 3. The van der Waals surface area contributed by atoms with Crippen LogP contribution in [0.25, 0.3) is 0 Å². The van der Waals surface area contributed by atoms with Crippen LogP contribution in [0.3, 0.4) is 0 Å². The van der Waals surface area contributed by atoms with Crippen LogP contribution in [0.2, 0.25) is 0 Å². The van der Waals surface area contributed by atoms with Crippen LogP contribution < -0.4 is 20.1 Å². The smallest absolute Gasteiger partial charge is 0.337 e. The van der Waals surface area contributed by atoms with Crippen molar-refractivity contribution in [3.8, 4) is 11.5 Å². The molecule has 0 aromatic heterocycles. The highest BCUT2D eigenvalue weighted by Crippen LogP contribution is 2.39. The van der Waals surface area contributed by atoms with Crippen LogP contribution in [0.1, 0.15) is 18.5 Å². The molecule has 8 heteroatoms. The third-order valence-electron chi connectivity index (χ3n) is 3.49. The summed E-state index contributed by atoms with van der Waals surface area (Å²) < 4.78 is 16.3. The van der Waals surface area contributed by atoms with Gasteiger partial charge in [0, 0.05) is 10.2 Å². The summed E-state index contributed by atoms with van der Waals surface area (Å²) in [6.45, 7) is 1.78. The highest BCUT2D eigenvalue weighted by Gasteiger charge is 2.32. The minimum absolute atomic E-state index is 0.432. The van der Waals surface area contributed by atoms with Gasteiger partial charge in [0.05, 0.1) is 32.9 Å². The molecule has 1 aliphatic heterocycles. The molecule has 1 aromatic rings. The van der Waals surface area contributed by atoms with Crippen LogP contribution in [-0.2, 0) is 9.53 Å². The number of benzene rings is 1. The van der Waals surface area contributed by atoms with E-state index in [1.165, 1.54) is 7.11 Å². The molecule has 0 aliphatic carbocycles. The lowest BCUT2D eigenvalue weighted by atomic mass is 9.95. The van der Waals surface area contributed by atoms with E-state index in [4.69, 9.17) is 26.4 Å². The molecular weight excluding hydrogens is 384 g/mol. The number of rotatable bonds is 4. The molecule has 0 saturated carbocycles. The van der Waals surface area contributed by atoms with E-state index < -0.39 is 12.0 Å². The Morgan fingerprint density at radius 1 is 1.22 bits per heavy atom. The molecule has 124 valence electrons. The molecule has 0 spiro atoms. The standard InChI is InChI=1S/C15H17BrN2O4S/c1-7-12(14(19)22-4)13(18-15(23)17-7)8-5-10(20-2)11(21-3)6-9(8)16/h5-6,13H,1-4H3,(H2,17,18,23)/t13-/m0/s1. The molecule has 0 unspecified atom stereocenters. The number of ether oxygens (including phenoxy) is 3. The molecule has 1 aliphatic rings. The minimum Gasteiger partial charge on any atom is -0.493 e. The van der Waals surface area contributed by atoms with Gasteiger partial charge in [0.2, 0.25) is 0 Å². The van der Waals surface area contributed by atoms with Gasteiger partial charge in [-0.15, -0.1) is 0 Å². The van der Waals surface area contributed by atoms with Crippen molar-refractivity contribution in [3.05, 3.63) is 33.4 Å². The molecule has 1 heterocycles. The van der Waals surface area contributed by atoms with E-state index in [0.29, 0.717) is 27.9 Å². The van der Waals surface area contributed by atoms with Gasteiger partial charge >= 0.3 is 5.97 Å². The van der Waals surface area contributed by atoms with Crippen molar-refractivity contribution in [2.45, 2.75) is 13.0 Å². The zero-order chi connectivity index (χ0) is 17.1. The molecule has 1 aromatic carbocycles. The Hall–Kier alpha value is -1.80. The molecule has 2 rings (SSSR count). The number of carbonyl (C=O) groups excluding carboxylic acids is 1. The van der Waals surface area contributed by atoms with Crippen molar-refractivity contribution in [3.63, 3.8) is 0 Å². The van der Waals surface area contributed by atoms with Gasteiger partial charge in [0.25, 0.3) is 0 Å². The van der Waals surface area contributed by atoms with Gasteiger partial charge in [0.1, 0.15) is 0 Å². The highest BCUT2D eigenvalue weighted by molar-refractivity contribution is 9.10. The van der Waals surface area contributed by atoms with E-state index in [1.54, 1.807) is 33.3 Å². The summed E-state index contributed by atoms with van der Waals surface area (Å²) in [4.78, 5) is 12.2. The van der Waals surface area contributed by atoms with Crippen molar-refractivity contribution in [2.75, 3.05) is 21.3 Å². The fraction of sp³-hybridized carbons (Fsp3) is 0.333. The van der Waals surface area contributed by atoms with Crippen molar-refractivity contribution < 1.29 is 19.0 Å². The fourth-order valence-electron chi connectivity index (χ4n) is 2.40. The zero-order valence-corrected chi connectivity index (χ0v) is 15.6. The van der Waals surface area contributed by atoms with Crippen molar-refractivity contribution in [1.29, 1.82) is 0 Å². The zero-order valence-electron chi connectivity index (χ0n) is 13.2. The number of nitrogens with one attached hydrogen (secondary N) is 2. The predicted molar refractivity (Wildman–Crippen MR) is 93.6 cm³/mol. The number of halogens is 1. The second-order valence-electron chi connectivity index (χ2n) is 4.79. The van der Waals surface area contributed by atoms with Gasteiger partial charge in [-0.2, -0.15) is 0 Å². The predicted octanol–water partition coefficient (Wildman–Crippen LogP) is 2.43. The third kappa shape index (κ3) is 3.42. The maximum absolute atomic E-state index is 12.2. The maximum Gasteiger partial charge on any atom is 0.337 e. The minimum atomic E-state index is -0.467. The van der Waals surface area contributed by atoms with E-state index in [-0.39, 0.29) is 0 Å². The molecule has 0 amide bonds. The third-order valence-corrected chi connectivity index (χ3v) is 4.39. The molecule has 2 N–H and O–H groups in total. The van der Waals surface area contributed by atoms with Crippen LogP contribution >= 0.6 is 28.1 Å². The molecule has 0 fully saturated rings. The summed E-state index contributed by atoms with van der Waals surface area (Å²) in [6, 6.07) is 3.11. The highest BCUT2D eigenvalue weighted by atomic mass is 79.9. The Balaban J connectivity index is 2.60.